The number of fused-ring (bicyclic) bond motifs is 1. The van der Waals surface area contributed by atoms with Gasteiger partial charge in [0.15, 0.2) is 11.5 Å². The van der Waals surface area contributed by atoms with Gasteiger partial charge in [-0.1, -0.05) is 0 Å². The number of ether oxygens (including phenoxy) is 2. The minimum atomic E-state index is -3.59. The molecule has 0 atom stereocenters. The molecule has 2 aromatic heterocycles. The Bertz CT molecular complexity index is 1050. The van der Waals surface area contributed by atoms with Crippen molar-refractivity contribution in [2.45, 2.75) is 11.1 Å². The largest absolute Gasteiger partial charge is 0.454 e. The monoisotopic (exact) mass is 389 g/mol. The Morgan fingerprint density at radius 2 is 1.85 bits per heavy atom. The van der Waals surface area contributed by atoms with Crippen molar-refractivity contribution in [3.05, 3.63) is 53.5 Å². The molecule has 0 saturated heterocycles. The molecule has 0 unspecified atom stereocenters. The second-order valence-electron chi connectivity index (χ2n) is 5.60. The number of aromatic nitrogens is 1. The van der Waals surface area contributed by atoms with Gasteiger partial charge in [-0.05, 0) is 43.3 Å². The van der Waals surface area contributed by atoms with Gasteiger partial charge in [0.1, 0.15) is 10.0 Å². The molecule has 0 amide bonds. The summed E-state index contributed by atoms with van der Waals surface area (Å²) in [7, 11) is -3.59. The normalized spacial score (nSPS) is 12.8. The third-order valence-electron chi connectivity index (χ3n) is 3.64. The van der Waals surface area contributed by atoms with Crippen LogP contribution in [0.25, 0.3) is 0 Å². The molecule has 0 aliphatic carbocycles. The molecule has 3 aromatic rings. The zero-order valence-electron chi connectivity index (χ0n) is 13.7. The molecule has 134 valence electrons. The number of hydrogen-bond acceptors (Lipinski definition) is 7. The highest BCUT2D eigenvalue weighted by atomic mass is 32.2. The minimum Gasteiger partial charge on any atom is -0.454 e. The number of rotatable bonds is 5. The number of nitrogens with one attached hydrogen (secondary N) is 2. The van der Waals surface area contributed by atoms with Crippen LogP contribution in [0.4, 0.5) is 17.2 Å². The highest BCUT2D eigenvalue weighted by Gasteiger charge is 2.17. The smallest absolute Gasteiger partial charge is 0.271 e. The van der Waals surface area contributed by atoms with Gasteiger partial charge in [-0.25, -0.2) is 13.4 Å². The molecular weight excluding hydrogens is 374 g/mol. The molecule has 1 aliphatic rings. The van der Waals surface area contributed by atoms with E-state index in [2.05, 4.69) is 15.0 Å². The first-order valence-corrected chi connectivity index (χ1v) is 10.0. The van der Waals surface area contributed by atoms with E-state index in [-0.39, 0.29) is 11.0 Å². The van der Waals surface area contributed by atoms with Crippen LogP contribution in [0, 0.1) is 6.92 Å². The standard InChI is InChI=1S/C17H15N3O4S2/c1-11-2-7-17(25-11)26(21,22)20-13-4-6-16(18-9-13)19-12-3-5-14-15(8-12)24-10-23-14/h2-9,20H,10H2,1H3,(H,18,19). The van der Waals surface area contributed by atoms with Gasteiger partial charge in [0, 0.05) is 16.6 Å². The predicted molar refractivity (Wildman–Crippen MR) is 99.9 cm³/mol. The van der Waals surface area contributed by atoms with Gasteiger partial charge in [0.25, 0.3) is 10.0 Å². The predicted octanol–water partition coefficient (Wildman–Crippen LogP) is 3.72. The van der Waals surface area contributed by atoms with E-state index in [1.807, 2.05) is 25.1 Å². The lowest BCUT2D eigenvalue weighted by Crippen LogP contribution is -2.11. The van der Waals surface area contributed by atoms with Crippen molar-refractivity contribution in [3.63, 3.8) is 0 Å². The molecular formula is C17H15N3O4S2. The lowest BCUT2D eigenvalue weighted by molar-refractivity contribution is 0.174. The first kappa shape index (κ1) is 16.7. The van der Waals surface area contributed by atoms with Crippen LogP contribution >= 0.6 is 11.3 Å². The van der Waals surface area contributed by atoms with Gasteiger partial charge in [0.2, 0.25) is 6.79 Å². The Morgan fingerprint density at radius 3 is 2.58 bits per heavy atom. The fraction of sp³-hybridized carbons (Fsp3) is 0.118. The van der Waals surface area contributed by atoms with E-state index in [1.54, 1.807) is 24.3 Å². The zero-order chi connectivity index (χ0) is 18.1. The molecule has 0 radical (unpaired) electrons. The van der Waals surface area contributed by atoms with Crippen molar-refractivity contribution in [1.82, 2.24) is 4.98 Å². The van der Waals surface area contributed by atoms with E-state index in [0.717, 1.165) is 10.6 Å². The molecule has 0 spiro atoms. The molecule has 1 aliphatic heterocycles. The summed E-state index contributed by atoms with van der Waals surface area (Å²) in [5.74, 6) is 1.96. The Kier molecular flexibility index (Phi) is 4.17. The number of aryl methyl sites for hydroxylation is 1. The van der Waals surface area contributed by atoms with Crippen molar-refractivity contribution in [3.8, 4) is 11.5 Å². The summed E-state index contributed by atoms with van der Waals surface area (Å²) in [6.07, 6.45) is 1.47. The molecule has 0 fully saturated rings. The quantitative estimate of drug-likeness (QED) is 0.691. The maximum atomic E-state index is 12.3. The van der Waals surface area contributed by atoms with Gasteiger partial charge >= 0.3 is 0 Å². The highest BCUT2D eigenvalue weighted by molar-refractivity contribution is 7.94. The highest BCUT2D eigenvalue weighted by Crippen LogP contribution is 2.35. The SMILES string of the molecule is Cc1ccc(S(=O)(=O)Nc2ccc(Nc3ccc4c(c3)OCO4)nc2)s1. The summed E-state index contributed by atoms with van der Waals surface area (Å²) in [5.41, 5.74) is 1.19. The first-order chi connectivity index (χ1) is 12.5. The van der Waals surface area contributed by atoms with Crippen molar-refractivity contribution in [2.24, 2.45) is 0 Å². The molecule has 1 aromatic carbocycles. The van der Waals surface area contributed by atoms with E-state index < -0.39 is 10.0 Å². The number of benzene rings is 1. The number of sulfonamides is 1. The van der Waals surface area contributed by atoms with E-state index in [0.29, 0.717) is 23.0 Å². The Labute approximate surface area is 154 Å². The molecule has 9 heteroatoms. The van der Waals surface area contributed by atoms with Crippen LogP contribution in [0.5, 0.6) is 11.5 Å². The fourth-order valence-electron chi connectivity index (χ4n) is 2.41. The van der Waals surface area contributed by atoms with Crippen LogP contribution in [0.15, 0.2) is 52.9 Å². The third kappa shape index (κ3) is 3.44. The Balaban J connectivity index is 1.47. The first-order valence-electron chi connectivity index (χ1n) is 7.72. The average molecular weight is 389 g/mol. The second kappa shape index (κ2) is 6.50. The van der Waals surface area contributed by atoms with E-state index >= 15 is 0 Å². The molecule has 7 nitrogen and oxygen atoms in total. The number of nitrogens with zero attached hydrogens (tertiary/aromatic N) is 1. The summed E-state index contributed by atoms with van der Waals surface area (Å²) < 4.78 is 38.1. The van der Waals surface area contributed by atoms with E-state index in [9.17, 15) is 8.42 Å². The lowest BCUT2D eigenvalue weighted by Gasteiger charge is -2.09. The van der Waals surface area contributed by atoms with Gasteiger partial charge in [-0.2, -0.15) is 0 Å². The number of pyridine rings is 1. The minimum absolute atomic E-state index is 0.218. The molecule has 26 heavy (non-hydrogen) atoms. The van der Waals surface area contributed by atoms with E-state index in [1.165, 1.54) is 17.5 Å². The maximum absolute atomic E-state index is 12.3. The molecule has 4 rings (SSSR count). The number of thiophene rings is 1. The van der Waals surface area contributed by atoms with Crippen LogP contribution in [0.2, 0.25) is 0 Å². The summed E-state index contributed by atoms with van der Waals surface area (Å²) in [6.45, 7) is 2.08. The maximum Gasteiger partial charge on any atom is 0.271 e. The van der Waals surface area contributed by atoms with Crippen molar-refractivity contribution < 1.29 is 17.9 Å². The van der Waals surface area contributed by atoms with Crippen LogP contribution in [0.3, 0.4) is 0 Å². The molecule has 2 N–H and O–H groups in total. The van der Waals surface area contributed by atoms with Gasteiger partial charge in [0.05, 0.1) is 11.9 Å². The number of anilines is 3. The van der Waals surface area contributed by atoms with E-state index in [4.69, 9.17) is 9.47 Å². The Hall–Kier alpha value is -2.78. The molecule has 0 bridgehead atoms. The average Bonchev–Trinajstić information content (AvgIpc) is 3.25. The second-order valence-corrected chi connectivity index (χ2v) is 8.79. The van der Waals surface area contributed by atoms with Gasteiger partial charge < -0.3 is 14.8 Å². The fourth-order valence-corrected chi connectivity index (χ4v) is 4.74. The van der Waals surface area contributed by atoms with Crippen LogP contribution < -0.4 is 19.5 Å². The zero-order valence-corrected chi connectivity index (χ0v) is 15.4. The Morgan fingerprint density at radius 1 is 1.04 bits per heavy atom. The topological polar surface area (TPSA) is 89.6 Å². The van der Waals surface area contributed by atoms with Crippen molar-refractivity contribution in [2.75, 3.05) is 16.8 Å². The van der Waals surface area contributed by atoms with Crippen LogP contribution in [-0.2, 0) is 10.0 Å². The summed E-state index contributed by atoms with van der Waals surface area (Å²) in [6, 6.07) is 12.2. The summed E-state index contributed by atoms with van der Waals surface area (Å²) >= 11 is 1.22. The van der Waals surface area contributed by atoms with Crippen LogP contribution in [0.1, 0.15) is 4.88 Å². The van der Waals surface area contributed by atoms with Crippen molar-refractivity contribution in [1.29, 1.82) is 0 Å². The lowest BCUT2D eigenvalue weighted by atomic mass is 10.2. The molecule has 3 heterocycles. The molecule has 0 saturated carbocycles. The van der Waals surface area contributed by atoms with Gasteiger partial charge in [-0.3, -0.25) is 4.72 Å². The van der Waals surface area contributed by atoms with Gasteiger partial charge in [-0.15, -0.1) is 11.3 Å². The summed E-state index contributed by atoms with van der Waals surface area (Å²) in [4.78, 5) is 5.18. The third-order valence-corrected chi connectivity index (χ3v) is 6.52. The van der Waals surface area contributed by atoms with Crippen LogP contribution in [-0.4, -0.2) is 20.2 Å². The summed E-state index contributed by atoms with van der Waals surface area (Å²) in [5, 5.41) is 3.14. The number of hydrogen-bond donors (Lipinski definition) is 2. The van der Waals surface area contributed by atoms with Crippen molar-refractivity contribution >= 4 is 38.6 Å².